The van der Waals surface area contributed by atoms with Gasteiger partial charge in [0, 0.05) is 39.5 Å². The molecule has 0 saturated heterocycles. The molecule has 0 amide bonds. The number of hydrogen-bond acceptors (Lipinski definition) is 5. The van der Waals surface area contributed by atoms with Crippen molar-refractivity contribution in [3.8, 4) is 11.4 Å². The molecule has 2 heterocycles. The summed E-state index contributed by atoms with van der Waals surface area (Å²) in [5.74, 6) is 1.41. The maximum atomic E-state index is 6.31. The molecule has 7 heteroatoms. The van der Waals surface area contributed by atoms with E-state index in [9.17, 15) is 0 Å². The Morgan fingerprint density at radius 1 is 0.793 bits per heavy atom. The predicted molar refractivity (Wildman–Crippen MR) is 116 cm³/mol. The third-order valence-electron chi connectivity index (χ3n) is 4.93. The third-order valence-corrected chi connectivity index (χ3v) is 5.17. The maximum absolute atomic E-state index is 6.31. The van der Waals surface area contributed by atoms with Gasteiger partial charge in [0.05, 0.1) is 5.71 Å². The summed E-state index contributed by atoms with van der Waals surface area (Å²) < 4.78 is 1.80. The normalized spacial score (nSPS) is 12.7. The number of halogens is 1. The van der Waals surface area contributed by atoms with E-state index in [2.05, 4.69) is 10.2 Å². The molecule has 1 aliphatic heterocycles. The highest BCUT2D eigenvalue weighted by Crippen LogP contribution is 2.28. The summed E-state index contributed by atoms with van der Waals surface area (Å²) >= 11 is 6.31. The number of nitrogen functional groups attached to an aromatic ring is 2. The van der Waals surface area contributed by atoms with Gasteiger partial charge in [0.25, 0.3) is 0 Å². The van der Waals surface area contributed by atoms with E-state index >= 15 is 0 Å². The van der Waals surface area contributed by atoms with E-state index in [-0.39, 0.29) is 0 Å². The van der Waals surface area contributed by atoms with Gasteiger partial charge in [-0.3, -0.25) is 0 Å². The lowest BCUT2D eigenvalue weighted by atomic mass is 9.96. The number of nitrogens with two attached hydrogens (primary N) is 2. The second kappa shape index (κ2) is 6.76. The molecule has 5 rings (SSSR count). The Labute approximate surface area is 172 Å². The first kappa shape index (κ1) is 17.5. The zero-order valence-electron chi connectivity index (χ0n) is 15.4. The molecule has 0 fully saturated rings. The number of anilines is 2. The number of benzene rings is 3. The van der Waals surface area contributed by atoms with E-state index in [1.54, 1.807) is 4.68 Å². The highest BCUT2D eigenvalue weighted by atomic mass is 35.5. The smallest absolute Gasteiger partial charge is 0.185 e. The molecule has 0 saturated carbocycles. The van der Waals surface area contributed by atoms with Gasteiger partial charge in [0.1, 0.15) is 0 Å². The number of aromatic nitrogens is 3. The van der Waals surface area contributed by atoms with Crippen molar-refractivity contribution in [1.29, 1.82) is 0 Å². The highest BCUT2D eigenvalue weighted by Gasteiger charge is 2.23. The molecule has 0 unspecified atom stereocenters. The second-order valence-corrected chi connectivity index (χ2v) is 7.36. The van der Waals surface area contributed by atoms with E-state index < -0.39 is 0 Å². The fourth-order valence-electron chi connectivity index (χ4n) is 3.44. The molecule has 0 atom stereocenters. The topological polar surface area (TPSA) is 95.1 Å². The molecule has 0 spiro atoms. The van der Waals surface area contributed by atoms with Crippen LogP contribution in [0.15, 0.2) is 71.8 Å². The second-order valence-electron chi connectivity index (χ2n) is 6.92. The summed E-state index contributed by atoms with van der Waals surface area (Å²) in [7, 11) is 0. The first-order valence-electron chi connectivity index (χ1n) is 9.12. The molecule has 1 aliphatic rings. The van der Waals surface area contributed by atoms with Crippen molar-refractivity contribution in [3.63, 3.8) is 0 Å². The van der Waals surface area contributed by atoms with Gasteiger partial charge in [-0.2, -0.15) is 9.78 Å². The number of hydrogen-bond donors (Lipinski definition) is 2. The number of rotatable bonds is 2. The Balaban J connectivity index is 1.75. The van der Waals surface area contributed by atoms with Crippen LogP contribution in [-0.4, -0.2) is 20.6 Å². The number of nitrogens with zero attached hydrogens (tertiary/aromatic N) is 4. The monoisotopic (exact) mass is 400 g/mol. The molecule has 4 aromatic rings. The molecule has 0 bridgehead atoms. The lowest BCUT2D eigenvalue weighted by Crippen LogP contribution is -2.07. The molecule has 3 aromatic carbocycles. The molecular formula is C22H17ClN6. The van der Waals surface area contributed by atoms with Gasteiger partial charge in [-0.05, 0) is 54.1 Å². The summed E-state index contributed by atoms with van der Waals surface area (Å²) in [6.07, 6.45) is 0.594. The van der Waals surface area contributed by atoms with Crippen LogP contribution in [0.25, 0.3) is 11.4 Å². The SMILES string of the molecule is Nc1ccc(C2=Nn3c(nnc3-c3ccc(N)cc3)Cc3ccc(Cl)cc32)cc1. The molecule has 1 aromatic heterocycles. The predicted octanol–water partition coefficient (Wildman–Crippen LogP) is 3.97. The van der Waals surface area contributed by atoms with Gasteiger partial charge in [-0.15, -0.1) is 10.2 Å². The van der Waals surface area contributed by atoms with Crippen molar-refractivity contribution in [3.05, 3.63) is 94.3 Å². The molecule has 0 radical (unpaired) electrons. The van der Waals surface area contributed by atoms with Crippen molar-refractivity contribution in [1.82, 2.24) is 14.9 Å². The summed E-state index contributed by atoms with van der Waals surface area (Å²) in [6.45, 7) is 0. The van der Waals surface area contributed by atoms with Gasteiger partial charge < -0.3 is 11.5 Å². The largest absolute Gasteiger partial charge is 0.399 e. The lowest BCUT2D eigenvalue weighted by molar-refractivity contribution is 0.812. The van der Waals surface area contributed by atoms with Crippen molar-refractivity contribution in [2.45, 2.75) is 6.42 Å². The summed E-state index contributed by atoms with van der Waals surface area (Å²) in [5.41, 5.74) is 17.8. The molecule has 0 aliphatic carbocycles. The minimum atomic E-state index is 0.594. The van der Waals surface area contributed by atoms with E-state index in [1.807, 2.05) is 66.7 Å². The van der Waals surface area contributed by atoms with Crippen molar-refractivity contribution in [2.75, 3.05) is 11.5 Å². The van der Waals surface area contributed by atoms with E-state index in [4.69, 9.17) is 28.2 Å². The van der Waals surface area contributed by atoms with Crippen LogP contribution in [0.2, 0.25) is 5.02 Å². The van der Waals surface area contributed by atoms with Crippen LogP contribution in [0.4, 0.5) is 11.4 Å². The fourth-order valence-corrected chi connectivity index (χ4v) is 3.61. The summed E-state index contributed by atoms with van der Waals surface area (Å²) in [5, 5.41) is 14.4. The Kier molecular flexibility index (Phi) is 4.07. The first-order valence-corrected chi connectivity index (χ1v) is 9.50. The van der Waals surface area contributed by atoms with Gasteiger partial charge in [0.15, 0.2) is 11.6 Å². The molecule has 6 nitrogen and oxygen atoms in total. The van der Waals surface area contributed by atoms with Crippen LogP contribution < -0.4 is 11.5 Å². The molecule has 142 valence electrons. The lowest BCUT2D eigenvalue weighted by Gasteiger charge is -2.10. The maximum Gasteiger partial charge on any atom is 0.185 e. The van der Waals surface area contributed by atoms with Gasteiger partial charge >= 0.3 is 0 Å². The van der Waals surface area contributed by atoms with Gasteiger partial charge in [-0.1, -0.05) is 29.8 Å². The minimum Gasteiger partial charge on any atom is -0.399 e. The van der Waals surface area contributed by atoms with Crippen LogP contribution in [0, 0.1) is 0 Å². The van der Waals surface area contributed by atoms with Gasteiger partial charge in [-0.25, -0.2) is 0 Å². The van der Waals surface area contributed by atoms with Crippen molar-refractivity contribution >= 4 is 28.7 Å². The highest BCUT2D eigenvalue weighted by molar-refractivity contribution is 6.31. The van der Waals surface area contributed by atoms with Crippen LogP contribution in [0.3, 0.4) is 0 Å². The Bertz CT molecular complexity index is 1240. The quantitative estimate of drug-likeness (QED) is 0.438. The third kappa shape index (κ3) is 3.13. The van der Waals surface area contributed by atoms with E-state index in [0.29, 0.717) is 28.6 Å². The van der Waals surface area contributed by atoms with Crippen molar-refractivity contribution in [2.24, 2.45) is 5.10 Å². The van der Waals surface area contributed by atoms with Crippen molar-refractivity contribution < 1.29 is 0 Å². The average molecular weight is 401 g/mol. The minimum absolute atomic E-state index is 0.594. The standard InChI is InChI=1S/C22H17ClN6/c23-16-6-1-15-11-20-26-27-22(14-4-9-18(25)10-5-14)29(20)28-21(19(15)12-16)13-2-7-17(24)8-3-13/h1-10,12H,11,24-25H2. The van der Waals surface area contributed by atoms with Crippen LogP contribution in [-0.2, 0) is 6.42 Å². The van der Waals surface area contributed by atoms with Crippen LogP contribution in [0.5, 0.6) is 0 Å². The first-order chi connectivity index (χ1) is 14.1. The molecule has 4 N–H and O–H groups in total. The van der Waals surface area contributed by atoms with Crippen LogP contribution >= 0.6 is 11.6 Å². The fraction of sp³-hybridized carbons (Fsp3) is 0.0455. The van der Waals surface area contributed by atoms with Crippen LogP contribution in [0.1, 0.15) is 22.5 Å². The summed E-state index contributed by atoms with van der Waals surface area (Å²) in [4.78, 5) is 0. The molecule has 29 heavy (non-hydrogen) atoms. The zero-order valence-corrected chi connectivity index (χ0v) is 16.1. The zero-order chi connectivity index (χ0) is 20.0. The summed E-state index contributed by atoms with van der Waals surface area (Å²) in [6, 6.07) is 21.0. The van der Waals surface area contributed by atoms with E-state index in [1.165, 1.54) is 0 Å². The molecular weight excluding hydrogens is 384 g/mol. The van der Waals surface area contributed by atoms with Gasteiger partial charge in [0.2, 0.25) is 0 Å². The number of fused-ring (bicyclic) bond motifs is 2. The average Bonchev–Trinajstić information content (AvgIpc) is 3.03. The van der Waals surface area contributed by atoms with E-state index in [0.717, 1.165) is 33.8 Å². The Morgan fingerprint density at radius 3 is 2.14 bits per heavy atom. The Morgan fingerprint density at radius 2 is 1.45 bits per heavy atom. The Hall–Kier alpha value is -3.64.